The van der Waals surface area contributed by atoms with Gasteiger partial charge in [-0.3, -0.25) is 0 Å². The van der Waals surface area contributed by atoms with Crippen LogP contribution in [0.2, 0.25) is 10.0 Å². The summed E-state index contributed by atoms with van der Waals surface area (Å²) in [5, 5.41) is 4.48. The molecule has 3 N–H and O–H groups in total. The summed E-state index contributed by atoms with van der Waals surface area (Å²) in [4.78, 5) is 4.68. The smallest absolute Gasteiger partial charge is 0.0650 e. The topological polar surface area (TPSA) is 41.8 Å². The summed E-state index contributed by atoms with van der Waals surface area (Å²) in [7, 11) is 0. The van der Waals surface area contributed by atoms with Crippen LogP contribution in [0.3, 0.4) is 0 Å². The fourth-order valence-electron chi connectivity index (χ4n) is 2.68. The molecule has 0 bridgehead atoms. The van der Waals surface area contributed by atoms with Gasteiger partial charge in [-0.1, -0.05) is 23.2 Å². The molecule has 0 aliphatic carbocycles. The average molecular weight is 418 g/mol. The Hall–Kier alpha value is -0.520. The first kappa shape index (κ1) is 16.3. The molecule has 116 valence electrons. The second-order valence-corrected chi connectivity index (χ2v) is 7.75. The first-order valence-corrected chi connectivity index (χ1v) is 9.47. The number of aryl methyl sites for hydroxylation is 1. The summed E-state index contributed by atoms with van der Waals surface area (Å²) in [5.74, 6) is 0. The lowest BCUT2D eigenvalue weighted by Crippen LogP contribution is -1.99. The predicted octanol–water partition coefficient (Wildman–Crippen LogP) is 6.25. The van der Waals surface area contributed by atoms with Gasteiger partial charge in [0.1, 0.15) is 0 Å². The molecule has 0 fully saturated rings. The van der Waals surface area contributed by atoms with Crippen molar-refractivity contribution in [3.63, 3.8) is 0 Å². The van der Waals surface area contributed by atoms with Crippen molar-refractivity contribution in [3.05, 3.63) is 43.7 Å². The number of rotatable bonds is 5. The molecule has 0 unspecified atom stereocenters. The molecule has 3 aromatic rings. The van der Waals surface area contributed by atoms with Crippen LogP contribution in [0.5, 0.6) is 0 Å². The second kappa shape index (κ2) is 6.93. The lowest BCUT2D eigenvalue weighted by Gasteiger charge is -2.05. The van der Waals surface area contributed by atoms with Crippen molar-refractivity contribution in [1.82, 2.24) is 4.98 Å². The average Bonchev–Trinajstić information content (AvgIpc) is 3.02. The van der Waals surface area contributed by atoms with E-state index in [1.807, 2.05) is 6.07 Å². The highest BCUT2D eigenvalue weighted by molar-refractivity contribution is 9.10. The third kappa shape index (κ3) is 3.08. The Morgan fingerprint density at radius 3 is 2.73 bits per heavy atom. The van der Waals surface area contributed by atoms with E-state index in [1.165, 1.54) is 10.4 Å². The third-order valence-corrected chi connectivity index (χ3v) is 6.01. The molecule has 6 heteroatoms. The first-order valence-electron chi connectivity index (χ1n) is 7.05. The molecule has 0 amide bonds. The van der Waals surface area contributed by atoms with Crippen molar-refractivity contribution in [1.29, 1.82) is 0 Å². The highest BCUT2D eigenvalue weighted by atomic mass is 79.9. The van der Waals surface area contributed by atoms with Crippen LogP contribution in [0, 0.1) is 0 Å². The SMILES string of the molecule is NCCCCc1c(-c2sccc2Br)[nH]c2cc(Cl)cc(Cl)c12. The van der Waals surface area contributed by atoms with E-state index in [0.717, 1.165) is 40.3 Å². The molecule has 2 heterocycles. The molecule has 1 aromatic carbocycles. The third-order valence-electron chi connectivity index (χ3n) is 3.64. The van der Waals surface area contributed by atoms with Crippen molar-refractivity contribution in [2.75, 3.05) is 6.54 Å². The highest BCUT2D eigenvalue weighted by Gasteiger charge is 2.18. The van der Waals surface area contributed by atoms with E-state index in [0.29, 0.717) is 16.6 Å². The molecular weight excluding hydrogens is 403 g/mol. The largest absolute Gasteiger partial charge is 0.354 e. The molecule has 2 nitrogen and oxygen atoms in total. The van der Waals surface area contributed by atoms with Gasteiger partial charge in [0, 0.05) is 20.4 Å². The standard InChI is InChI=1S/C16H15BrCl2N2S/c17-11-4-6-22-16(11)15-10(3-1-2-5-20)14-12(19)7-9(18)8-13(14)21-15/h4,6-8,21H,1-3,5,20H2. The maximum Gasteiger partial charge on any atom is 0.0650 e. The molecule has 0 spiro atoms. The maximum absolute atomic E-state index is 6.46. The Bertz CT molecular complexity index is 810. The van der Waals surface area contributed by atoms with E-state index < -0.39 is 0 Å². The number of hydrogen-bond acceptors (Lipinski definition) is 2. The zero-order valence-corrected chi connectivity index (χ0v) is 15.7. The molecule has 0 radical (unpaired) electrons. The number of hydrogen-bond donors (Lipinski definition) is 2. The van der Waals surface area contributed by atoms with Gasteiger partial charge in [-0.05, 0) is 70.9 Å². The van der Waals surface area contributed by atoms with Gasteiger partial charge in [0.05, 0.1) is 15.6 Å². The van der Waals surface area contributed by atoms with E-state index in [-0.39, 0.29) is 0 Å². The quantitative estimate of drug-likeness (QED) is 0.473. The monoisotopic (exact) mass is 416 g/mol. The van der Waals surface area contributed by atoms with Crippen molar-refractivity contribution in [2.45, 2.75) is 19.3 Å². The minimum atomic E-state index is 0.643. The molecule has 3 rings (SSSR count). The minimum Gasteiger partial charge on any atom is -0.354 e. The van der Waals surface area contributed by atoms with Crippen molar-refractivity contribution >= 4 is 61.4 Å². The zero-order chi connectivity index (χ0) is 15.7. The van der Waals surface area contributed by atoms with Crippen LogP contribution in [0.25, 0.3) is 21.5 Å². The Labute approximate surface area is 151 Å². The van der Waals surface area contributed by atoms with Gasteiger partial charge in [0.15, 0.2) is 0 Å². The van der Waals surface area contributed by atoms with E-state index in [1.54, 1.807) is 17.4 Å². The van der Waals surface area contributed by atoms with Crippen LogP contribution in [0.4, 0.5) is 0 Å². The van der Waals surface area contributed by atoms with Gasteiger partial charge in [0.2, 0.25) is 0 Å². The summed E-state index contributed by atoms with van der Waals surface area (Å²) in [6.45, 7) is 0.708. The summed E-state index contributed by atoms with van der Waals surface area (Å²) >= 11 is 17.9. The first-order chi connectivity index (χ1) is 10.6. The Balaban J connectivity index is 2.19. The molecular formula is C16H15BrCl2N2S. The van der Waals surface area contributed by atoms with Crippen LogP contribution in [-0.4, -0.2) is 11.5 Å². The molecule has 0 atom stereocenters. The van der Waals surface area contributed by atoms with Crippen LogP contribution in [-0.2, 0) is 6.42 Å². The summed E-state index contributed by atoms with van der Waals surface area (Å²) < 4.78 is 1.09. The van der Waals surface area contributed by atoms with Crippen molar-refractivity contribution < 1.29 is 0 Å². The highest BCUT2D eigenvalue weighted by Crippen LogP contribution is 2.41. The lowest BCUT2D eigenvalue weighted by molar-refractivity contribution is 0.748. The molecule has 22 heavy (non-hydrogen) atoms. The molecule has 0 saturated heterocycles. The number of thiophene rings is 1. The van der Waals surface area contributed by atoms with Gasteiger partial charge in [-0.25, -0.2) is 0 Å². The maximum atomic E-state index is 6.46. The van der Waals surface area contributed by atoms with E-state index in [4.69, 9.17) is 28.9 Å². The van der Waals surface area contributed by atoms with Gasteiger partial charge in [-0.2, -0.15) is 0 Å². The van der Waals surface area contributed by atoms with Crippen molar-refractivity contribution in [2.24, 2.45) is 5.73 Å². The van der Waals surface area contributed by atoms with Gasteiger partial charge < -0.3 is 10.7 Å². The van der Waals surface area contributed by atoms with Crippen LogP contribution >= 0.6 is 50.5 Å². The Kier molecular flexibility index (Phi) is 5.15. The van der Waals surface area contributed by atoms with Crippen LogP contribution in [0.1, 0.15) is 18.4 Å². The zero-order valence-electron chi connectivity index (χ0n) is 11.8. The number of nitrogens with two attached hydrogens (primary N) is 1. The number of fused-ring (bicyclic) bond motifs is 1. The molecule has 0 saturated carbocycles. The van der Waals surface area contributed by atoms with Gasteiger partial charge in [-0.15, -0.1) is 11.3 Å². The summed E-state index contributed by atoms with van der Waals surface area (Å²) in [6, 6.07) is 5.79. The molecule has 2 aromatic heterocycles. The fourth-order valence-corrected chi connectivity index (χ4v) is 4.88. The Morgan fingerprint density at radius 1 is 1.23 bits per heavy atom. The van der Waals surface area contributed by atoms with Crippen LogP contribution in [0.15, 0.2) is 28.1 Å². The van der Waals surface area contributed by atoms with Crippen LogP contribution < -0.4 is 5.73 Å². The number of halogens is 3. The van der Waals surface area contributed by atoms with Crippen molar-refractivity contribution in [3.8, 4) is 10.6 Å². The Morgan fingerprint density at radius 2 is 2.05 bits per heavy atom. The normalized spacial score (nSPS) is 11.5. The number of H-pyrrole nitrogens is 1. The van der Waals surface area contributed by atoms with E-state index in [2.05, 4.69) is 32.4 Å². The number of unbranched alkanes of at least 4 members (excludes halogenated alkanes) is 1. The van der Waals surface area contributed by atoms with E-state index >= 15 is 0 Å². The number of nitrogens with one attached hydrogen (secondary N) is 1. The number of aromatic nitrogens is 1. The second-order valence-electron chi connectivity index (χ2n) is 5.13. The van der Waals surface area contributed by atoms with Gasteiger partial charge in [0.25, 0.3) is 0 Å². The molecule has 0 aliphatic heterocycles. The minimum absolute atomic E-state index is 0.643. The number of benzene rings is 1. The predicted molar refractivity (Wildman–Crippen MR) is 101 cm³/mol. The number of aromatic amines is 1. The fraction of sp³-hybridized carbons (Fsp3) is 0.250. The summed E-state index contributed by atoms with van der Waals surface area (Å²) in [6.07, 6.45) is 2.99. The lowest BCUT2D eigenvalue weighted by atomic mass is 10.0. The molecule has 0 aliphatic rings. The summed E-state index contributed by atoms with van der Waals surface area (Å²) in [5.41, 5.74) is 8.98. The van der Waals surface area contributed by atoms with E-state index in [9.17, 15) is 0 Å². The van der Waals surface area contributed by atoms with Gasteiger partial charge >= 0.3 is 0 Å².